The number of hydrogen-bond acceptors (Lipinski definition) is 3. The van der Waals surface area contributed by atoms with Gasteiger partial charge in [-0.1, -0.05) is 18.5 Å². The summed E-state index contributed by atoms with van der Waals surface area (Å²) < 4.78 is 0. The summed E-state index contributed by atoms with van der Waals surface area (Å²) in [6.45, 7) is 5.71. The molecule has 0 unspecified atom stereocenters. The quantitative estimate of drug-likeness (QED) is 0.774. The van der Waals surface area contributed by atoms with Gasteiger partial charge in [-0.15, -0.1) is 5.10 Å². The Kier molecular flexibility index (Phi) is 3.54. The molecule has 1 fully saturated rings. The molecular weight excluding hydrogens is 210 g/mol. The maximum Gasteiger partial charge on any atom is 0.151 e. The highest BCUT2D eigenvalue weighted by Gasteiger charge is 2.20. The van der Waals surface area contributed by atoms with Crippen molar-refractivity contribution in [3.63, 3.8) is 0 Å². The second-order valence-corrected chi connectivity index (χ2v) is 4.38. The molecule has 0 aromatic carbocycles. The standard InChI is InChI=1S/C11H16ClN3/c1-2-15-7-5-9(6-8-15)10-3-4-11(12)14-13-10/h3-4,9H,2,5-8H2,1H3. The van der Waals surface area contributed by atoms with E-state index in [-0.39, 0.29) is 0 Å². The molecule has 1 aliphatic rings. The van der Waals surface area contributed by atoms with Gasteiger partial charge in [-0.3, -0.25) is 0 Å². The molecule has 2 heterocycles. The van der Waals surface area contributed by atoms with Crippen LogP contribution in [0.3, 0.4) is 0 Å². The first-order valence-electron chi connectivity index (χ1n) is 5.51. The average molecular weight is 226 g/mol. The summed E-state index contributed by atoms with van der Waals surface area (Å²) in [7, 11) is 0. The first-order chi connectivity index (χ1) is 7.29. The fraction of sp³-hybridized carbons (Fsp3) is 0.636. The molecule has 1 saturated heterocycles. The summed E-state index contributed by atoms with van der Waals surface area (Å²) in [6.07, 6.45) is 2.37. The minimum atomic E-state index is 0.477. The fourth-order valence-electron chi connectivity index (χ4n) is 2.09. The van der Waals surface area contributed by atoms with Crippen LogP contribution in [-0.2, 0) is 0 Å². The Morgan fingerprint density at radius 3 is 2.60 bits per heavy atom. The molecule has 0 radical (unpaired) electrons. The number of rotatable bonds is 2. The van der Waals surface area contributed by atoms with Gasteiger partial charge in [0.05, 0.1) is 5.69 Å². The molecule has 2 rings (SSSR count). The van der Waals surface area contributed by atoms with E-state index in [1.165, 1.54) is 25.9 Å². The van der Waals surface area contributed by atoms with E-state index in [9.17, 15) is 0 Å². The highest BCUT2D eigenvalue weighted by molar-refractivity contribution is 6.29. The molecule has 0 amide bonds. The molecule has 15 heavy (non-hydrogen) atoms. The van der Waals surface area contributed by atoms with Gasteiger partial charge in [0, 0.05) is 5.92 Å². The zero-order valence-electron chi connectivity index (χ0n) is 8.99. The third kappa shape index (κ3) is 2.67. The first kappa shape index (κ1) is 10.8. The predicted octanol–water partition coefficient (Wildman–Crippen LogP) is 2.33. The molecule has 82 valence electrons. The maximum absolute atomic E-state index is 5.71. The van der Waals surface area contributed by atoms with Crippen molar-refractivity contribution in [3.8, 4) is 0 Å². The van der Waals surface area contributed by atoms with Gasteiger partial charge < -0.3 is 4.90 Å². The van der Waals surface area contributed by atoms with Gasteiger partial charge in [0.1, 0.15) is 0 Å². The van der Waals surface area contributed by atoms with Gasteiger partial charge in [-0.25, -0.2) is 0 Å². The third-order valence-corrected chi connectivity index (χ3v) is 3.31. The highest BCUT2D eigenvalue weighted by Crippen LogP contribution is 2.26. The Labute approximate surface area is 95.5 Å². The number of halogens is 1. The van der Waals surface area contributed by atoms with Crippen LogP contribution in [0.1, 0.15) is 31.4 Å². The molecule has 0 saturated carbocycles. The van der Waals surface area contributed by atoms with Crippen LogP contribution in [0.4, 0.5) is 0 Å². The second-order valence-electron chi connectivity index (χ2n) is 3.99. The van der Waals surface area contributed by atoms with Crippen molar-refractivity contribution in [2.45, 2.75) is 25.7 Å². The Balaban J connectivity index is 1.98. The lowest BCUT2D eigenvalue weighted by Crippen LogP contribution is -2.32. The third-order valence-electron chi connectivity index (χ3n) is 3.11. The molecule has 1 aromatic heterocycles. The number of hydrogen-bond donors (Lipinski definition) is 0. The molecular formula is C11H16ClN3. The van der Waals surface area contributed by atoms with E-state index in [4.69, 9.17) is 11.6 Å². The van der Waals surface area contributed by atoms with E-state index < -0.39 is 0 Å². The fourth-order valence-corrected chi connectivity index (χ4v) is 2.19. The summed E-state index contributed by atoms with van der Waals surface area (Å²) in [4.78, 5) is 2.47. The van der Waals surface area contributed by atoms with Crippen LogP contribution in [0.5, 0.6) is 0 Å². The van der Waals surface area contributed by atoms with Gasteiger partial charge in [-0.2, -0.15) is 5.10 Å². The molecule has 0 aliphatic carbocycles. The molecule has 1 aliphatic heterocycles. The van der Waals surface area contributed by atoms with Crippen molar-refractivity contribution in [2.75, 3.05) is 19.6 Å². The SMILES string of the molecule is CCN1CCC(c2ccc(Cl)nn2)CC1. The van der Waals surface area contributed by atoms with Crippen LogP contribution < -0.4 is 0 Å². The van der Waals surface area contributed by atoms with Crippen LogP contribution in [0.25, 0.3) is 0 Å². The van der Waals surface area contributed by atoms with Gasteiger partial charge in [-0.05, 0) is 44.6 Å². The van der Waals surface area contributed by atoms with E-state index in [1.54, 1.807) is 0 Å². The molecule has 3 nitrogen and oxygen atoms in total. The highest BCUT2D eigenvalue weighted by atomic mass is 35.5. The monoisotopic (exact) mass is 225 g/mol. The topological polar surface area (TPSA) is 29.0 Å². The van der Waals surface area contributed by atoms with Crippen LogP contribution in [0.15, 0.2) is 12.1 Å². The summed E-state index contributed by atoms with van der Waals surface area (Å²) in [6, 6.07) is 3.83. The van der Waals surface area contributed by atoms with Crippen molar-refractivity contribution in [1.29, 1.82) is 0 Å². The van der Waals surface area contributed by atoms with Crippen LogP contribution >= 0.6 is 11.6 Å². The lowest BCUT2D eigenvalue weighted by Gasteiger charge is -2.30. The van der Waals surface area contributed by atoms with Crippen molar-refractivity contribution in [1.82, 2.24) is 15.1 Å². The van der Waals surface area contributed by atoms with Gasteiger partial charge in [0.15, 0.2) is 5.15 Å². The predicted molar refractivity (Wildman–Crippen MR) is 61.1 cm³/mol. The number of piperidine rings is 1. The summed E-state index contributed by atoms with van der Waals surface area (Å²) >= 11 is 5.71. The lowest BCUT2D eigenvalue weighted by atomic mass is 9.93. The minimum absolute atomic E-state index is 0.477. The Morgan fingerprint density at radius 2 is 2.07 bits per heavy atom. The second kappa shape index (κ2) is 4.90. The lowest BCUT2D eigenvalue weighted by molar-refractivity contribution is 0.220. The van der Waals surface area contributed by atoms with E-state index >= 15 is 0 Å². The number of nitrogens with zero attached hydrogens (tertiary/aromatic N) is 3. The van der Waals surface area contributed by atoms with Gasteiger partial charge in [0.2, 0.25) is 0 Å². The Bertz CT molecular complexity index is 304. The smallest absolute Gasteiger partial charge is 0.151 e. The van der Waals surface area contributed by atoms with E-state index in [0.29, 0.717) is 11.1 Å². The molecule has 0 atom stereocenters. The van der Waals surface area contributed by atoms with Crippen molar-refractivity contribution < 1.29 is 0 Å². The molecule has 0 spiro atoms. The summed E-state index contributed by atoms with van der Waals surface area (Å²) in [5.41, 5.74) is 1.09. The summed E-state index contributed by atoms with van der Waals surface area (Å²) in [5, 5.41) is 8.52. The maximum atomic E-state index is 5.71. The molecule has 0 bridgehead atoms. The number of aromatic nitrogens is 2. The van der Waals surface area contributed by atoms with Crippen LogP contribution in [-0.4, -0.2) is 34.7 Å². The van der Waals surface area contributed by atoms with Crippen molar-refractivity contribution >= 4 is 11.6 Å². The first-order valence-corrected chi connectivity index (χ1v) is 5.89. The van der Waals surface area contributed by atoms with Crippen molar-refractivity contribution in [2.24, 2.45) is 0 Å². The van der Waals surface area contributed by atoms with E-state index in [0.717, 1.165) is 12.2 Å². The van der Waals surface area contributed by atoms with Gasteiger partial charge in [0.25, 0.3) is 0 Å². The Hall–Kier alpha value is -0.670. The number of likely N-dealkylation sites (tertiary alicyclic amines) is 1. The average Bonchev–Trinajstić information content (AvgIpc) is 2.30. The van der Waals surface area contributed by atoms with E-state index in [2.05, 4.69) is 22.0 Å². The normalized spacial score (nSPS) is 19.3. The van der Waals surface area contributed by atoms with Crippen molar-refractivity contribution in [3.05, 3.63) is 23.0 Å². The Morgan fingerprint density at radius 1 is 1.33 bits per heavy atom. The molecule has 0 N–H and O–H groups in total. The zero-order valence-corrected chi connectivity index (χ0v) is 9.74. The van der Waals surface area contributed by atoms with Crippen LogP contribution in [0.2, 0.25) is 5.15 Å². The minimum Gasteiger partial charge on any atom is -0.304 e. The molecule has 1 aromatic rings. The van der Waals surface area contributed by atoms with E-state index in [1.807, 2.05) is 12.1 Å². The molecule has 4 heteroatoms. The van der Waals surface area contributed by atoms with Crippen LogP contribution in [0, 0.1) is 0 Å². The zero-order chi connectivity index (χ0) is 10.7. The summed E-state index contributed by atoms with van der Waals surface area (Å²) in [5.74, 6) is 0.567. The largest absolute Gasteiger partial charge is 0.304 e. The van der Waals surface area contributed by atoms with Gasteiger partial charge >= 0.3 is 0 Å².